The fourth-order valence-electron chi connectivity index (χ4n) is 3.17. The van der Waals surface area contributed by atoms with Gasteiger partial charge in [-0.2, -0.15) is 0 Å². The number of ether oxygens (including phenoxy) is 2. The summed E-state index contributed by atoms with van der Waals surface area (Å²) in [6, 6.07) is 27.3. The number of aromatic nitrogens is 1. The van der Waals surface area contributed by atoms with Gasteiger partial charge in [-0.3, -0.25) is 9.05 Å². The van der Waals surface area contributed by atoms with Gasteiger partial charge in [0.1, 0.15) is 0 Å². The molecule has 0 bridgehead atoms. The third-order valence-corrected chi connectivity index (χ3v) is 6.27. The molecule has 8 nitrogen and oxygen atoms in total. The zero-order chi connectivity index (χ0) is 24.5. The first-order valence-corrected chi connectivity index (χ1v) is 12.2. The second kappa shape index (κ2) is 11.7. The molecule has 3 aromatic carbocycles. The maximum absolute atomic E-state index is 13.4. The lowest BCUT2D eigenvalue weighted by atomic mass is 10.2. The van der Waals surface area contributed by atoms with E-state index >= 15 is 0 Å². The molecule has 0 atom stereocenters. The maximum Gasteiger partial charge on any atom is 0.478 e. The van der Waals surface area contributed by atoms with Gasteiger partial charge in [0.2, 0.25) is 0 Å². The number of pyridine rings is 1. The van der Waals surface area contributed by atoms with Gasteiger partial charge in [-0.05, 0) is 23.3 Å². The first-order chi connectivity index (χ1) is 17.1. The Balaban J connectivity index is 1.49. The number of carbonyl (C=O) groups excluding carboxylic acids is 1. The van der Waals surface area contributed by atoms with Gasteiger partial charge in [-0.15, -0.1) is 0 Å². The summed E-state index contributed by atoms with van der Waals surface area (Å²) in [5, 5.41) is 0.749. The number of nitrogens with zero attached hydrogens (tertiary/aromatic N) is 1. The van der Waals surface area contributed by atoms with Crippen molar-refractivity contribution in [3.63, 3.8) is 0 Å². The van der Waals surface area contributed by atoms with Crippen molar-refractivity contribution in [1.29, 1.82) is 0 Å². The molecule has 0 fully saturated rings. The van der Waals surface area contributed by atoms with Gasteiger partial charge < -0.3 is 9.47 Å². The minimum absolute atomic E-state index is 0.0118. The SMILES string of the molecule is COC(=O)c1nc2ccccc2cc1OCOP(=O)(OCc1ccccc1)OCc1ccccc1. The van der Waals surface area contributed by atoms with E-state index in [1.807, 2.05) is 78.9 Å². The standard InChI is InChI=1S/C26H24NO7P/c1-30-26(28)25-24(16-22-14-8-9-15-23(22)27-25)31-19-34-35(29,32-17-20-10-4-2-5-11-20)33-18-21-12-6-3-7-13-21/h2-16H,17-19H2,1H3. The van der Waals surface area contributed by atoms with Crippen molar-refractivity contribution in [1.82, 2.24) is 4.98 Å². The van der Waals surface area contributed by atoms with E-state index in [0.29, 0.717) is 5.52 Å². The van der Waals surface area contributed by atoms with Crippen LogP contribution in [0.15, 0.2) is 91.0 Å². The molecule has 0 saturated carbocycles. The van der Waals surface area contributed by atoms with Crippen LogP contribution in [-0.4, -0.2) is 24.9 Å². The van der Waals surface area contributed by atoms with Gasteiger partial charge in [-0.25, -0.2) is 18.9 Å². The Morgan fingerprint density at radius 1 is 0.800 bits per heavy atom. The van der Waals surface area contributed by atoms with Gasteiger partial charge in [0, 0.05) is 5.39 Å². The molecular formula is C26H24NO7P. The second-order valence-electron chi connectivity index (χ2n) is 7.38. The molecule has 0 aliphatic rings. The molecule has 0 saturated heterocycles. The molecule has 0 amide bonds. The summed E-state index contributed by atoms with van der Waals surface area (Å²) >= 11 is 0. The van der Waals surface area contributed by atoms with E-state index in [-0.39, 0.29) is 24.7 Å². The van der Waals surface area contributed by atoms with Gasteiger partial charge in [0.15, 0.2) is 18.2 Å². The molecule has 9 heteroatoms. The molecule has 0 spiro atoms. The van der Waals surface area contributed by atoms with Crippen LogP contribution >= 0.6 is 7.82 Å². The summed E-state index contributed by atoms with van der Waals surface area (Å²) < 4.78 is 40.5. The molecule has 0 aliphatic carbocycles. The number of esters is 1. The number of phosphoric ester groups is 1. The van der Waals surface area contributed by atoms with Crippen LogP contribution in [0, 0.1) is 0 Å². The predicted octanol–water partition coefficient (Wildman–Crippen LogP) is 5.92. The zero-order valence-corrected chi connectivity index (χ0v) is 19.9. The lowest BCUT2D eigenvalue weighted by Crippen LogP contribution is -2.11. The fraction of sp³-hybridized carbons (Fsp3) is 0.154. The summed E-state index contributed by atoms with van der Waals surface area (Å²) in [5.74, 6) is -0.553. The number of fused-ring (bicyclic) bond motifs is 1. The molecule has 1 aromatic heterocycles. The highest BCUT2D eigenvalue weighted by molar-refractivity contribution is 7.48. The van der Waals surface area contributed by atoms with Crippen molar-refractivity contribution < 1.29 is 32.4 Å². The van der Waals surface area contributed by atoms with Crippen molar-refractivity contribution in [3.8, 4) is 5.75 Å². The lowest BCUT2D eigenvalue weighted by Gasteiger charge is -2.19. The third-order valence-electron chi connectivity index (χ3n) is 4.96. The predicted molar refractivity (Wildman–Crippen MR) is 130 cm³/mol. The quantitative estimate of drug-likeness (QED) is 0.145. The number of rotatable bonds is 11. The van der Waals surface area contributed by atoms with Crippen LogP contribution in [0.1, 0.15) is 21.6 Å². The summed E-state index contributed by atoms with van der Waals surface area (Å²) in [6.07, 6.45) is 0. The third kappa shape index (κ3) is 6.74. The minimum atomic E-state index is -4.04. The van der Waals surface area contributed by atoms with Crippen molar-refractivity contribution in [2.45, 2.75) is 13.2 Å². The van der Waals surface area contributed by atoms with Crippen molar-refractivity contribution in [2.24, 2.45) is 0 Å². The van der Waals surface area contributed by atoms with E-state index < -0.39 is 20.6 Å². The zero-order valence-electron chi connectivity index (χ0n) is 19.0. The van der Waals surface area contributed by atoms with Crippen LogP contribution in [0.25, 0.3) is 10.9 Å². The normalized spacial score (nSPS) is 11.3. The number of hydrogen-bond acceptors (Lipinski definition) is 8. The molecule has 1 heterocycles. The highest BCUT2D eigenvalue weighted by Crippen LogP contribution is 2.51. The van der Waals surface area contributed by atoms with Gasteiger partial charge in [0.05, 0.1) is 25.8 Å². The van der Waals surface area contributed by atoms with Crippen LogP contribution in [0.2, 0.25) is 0 Å². The number of para-hydroxylation sites is 1. The van der Waals surface area contributed by atoms with Crippen molar-refractivity contribution in [3.05, 3.63) is 108 Å². The summed E-state index contributed by atoms with van der Waals surface area (Å²) in [6.45, 7) is -0.486. The van der Waals surface area contributed by atoms with Crippen molar-refractivity contribution in [2.75, 3.05) is 13.9 Å². The topological polar surface area (TPSA) is 93.2 Å². The number of methoxy groups -OCH3 is 1. The Labute approximate surface area is 203 Å². The number of benzene rings is 3. The Hall–Kier alpha value is -3.55. The number of phosphoric acid groups is 1. The highest BCUT2D eigenvalue weighted by atomic mass is 31.2. The maximum atomic E-state index is 13.4. The molecular weight excluding hydrogens is 469 g/mol. The van der Waals surface area contributed by atoms with Crippen LogP contribution in [0.5, 0.6) is 5.75 Å². The Morgan fingerprint density at radius 3 is 1.97 bits per heavy atom. The molecule has 35 heavy (non-hydrogen) atoms. The van der Waals surface area contributed by atoms with E-state index in [0.717, 1.165) is 16.5 Å². The van der Waals surface area contributed by atoms with E-state index in [4.69, 9.17) is 23.0 Å². The summed E-state index contributed by atoms with van der Waals surface area (Å²) in [4.78, 5) is 16.6. The number of carbonyl (C=O) groups is 1. The van der Waals surface area contributed by atoms with Gasteiger partial charge in [-0.1, -0.05) is 78.9 Å². The molecule has 4 aromatic rings. The fourth-order valence-corrected chi connectivity index (χ4v) is 4.19. The molecule has 0 unspecified atom stereocenters. The van der Waals surface area contributed by atoms with E-state index in [2.05, 4.69) is 4.98 Å². The summed E-state index contributed by atoms with van der Waals surface area (Å²) in [5.41, 5.74) is 2.17. The Bertz CT molecular complexity index is 1270. The lowest BCUT2D eigenvalue weighted by molar-refractivity contribution is 0.0422. The van der Waals surface area contributed by atoms with Crippen LogP contribution < -0.4 is 4.74 Å². The largest absolute Gasteiger partial charge is 0.478 e. The van der Waals surface area contributed by atoms with Gasteiger partial charge >= 0.3 is 13.8 Å². The first kappa shape index (κ1) is 24.6. The number of hydrogen-bond donors (Lipinski definition) is 0. The first-order valence-electron chi connectivity index (χ1n) is 10.8. The van der Waals surface area contributed by atoms with Crippen LogP contribution in [0.4, 0.5) is 0 Å². The van der Waals surface area contributed by atoms with E-state index in [1.165, 1.54) is 7.11 Å². The van der Waals surface area contributed by atoms with E-state index in [1.54, 1.807) is 12.1 Å². The Kier molecular flexibility index (Phi) is 8.23. The molecule has 4 rings (SSSR count). The monoisotopic (exact) mass is 493 g/mol. The second-order valence-corrected chi connectivity index (χ2v) is 9.04. The summed E-state index contributed by atoms with van der Waals surface area (Å²) in [7, 11) is -2.79. The van der Waals surface area contributed by atoms with Gasteiger partial charge in [0.25, 0.3) is 0 Å². The van der Waals surface area contributed by atoms with E-state index in [9.17, 15) is 9.36 Å². The average Bonchev–Trinajstić information content (AvgIpc) is 2.91. The smallest absolute Gasteiger partial charge is 0.464 e. The van der Waals surface area contributed by atoms with Crippen LogP contribution in [0.3, 0.4) is 0 Å². The molecule has 0 aliphatic heterocycles. The highest BCUT2D eigenvalue weighted by Gasteiger charge is 2.28. The minimum Gasteiger partial charge on any atom is -0.464 e. The van der Waals surface area contributed by atoms with Crippen molar-refractivity contribution >= 4 is 24.7 Å². The molecule has 0 radical (unpaired) electrons. The average molecular weight is 493 g/mol. The Morgan fingerprint density at radius 2 is 1.37 bits per heavy atom. The molecule has 0 N–H and O–H groups in total. The molecule has 180 valence electrons. The van der Waals surface area contributed by atoms with Crippen LogP contribution in [-0.2, 0) is 36.1 Å².